The van der Waals surface area contributed by atoms with Crippen molar-refractivity contribution in [3.05, 3.63) is 29.6 Å². The molecule has 23 heavy (non-hydrogen) atoms. The van der Waals surface area contributed by atoms with Crippen molar-refractivity contribution in [2.45, 2.75) is 64.3 Å². The Labute approximate surface area is 138 Å². The molecule has 1 heterocycles. The number of amides is 2. The molecule has 5 heteroatoms. The van der Waals surface area contributed by atoms with Gasteiger partial charge in [-0.3, -0.25) is 14.6 Å². The van der Waals surface area contributed by atoms with Crippen LogP contribution < -0.4 is 10.6 Å². The summed E-state index contributed by atoms with van der Waals surface area (Å²) in [6, 6.07) is 1.87. The lowest BCUT2D eigenvalue weighted by Gasteiger charge is -2.16. The highest BCUT2D eigenvalue weighted by atomic mass is 16.2. The second-order valence-corrected chi connectivity index (χ2v) is 6.23. The first-order valence-corrected chi connectivity index (χ1v) is 8.75. The van der Waals surface area contributed by atoms with Crippen molar-refractivity contribution in [2.75, 3.05) is 6.54 Å². The van der Waals surface area contributed by atoms with Gasteiger partial charge in [0.25, 0.3) is 11.8 Å². The molecular weight excluding hydrogens is 290 g/mol. The van der Waals surface area contributed by atoms with Gasteiger partial charge in [0.05, 0.1) is 11.1 Å². The minimum Gasteiger partial charge on any atom is -0.352 e. The van der Waals surface area contributed by atoms with Crippen LogP contribution in [0.3, 0.4) is 0 Å². The van der Waals surface area contributed by atoms with Crippen molar-refractivity contribution in [3.8, 4) is 0 Å². The van der Waals surface area contributed by atoms with Crippen molar-refractivity contribution in [1.29, 1.82) is 0 Å². The summed E-state index contributed by atoms with van der Waals surface area (Å²) in [7, 11) is 0. The van der Waals surface area contributed by atoms with Crippen LogP contribution in [0.2, 0.25) is 0 Å². The first-order valence-electron chi connectivity index (χ1n) is 8.75. The lowest BCUT2D eigenvalue weighted by molar-refractivity contribution is 0.0933. The number of hydrogen-bond acceptors (Lipinski definition) is 3. The van der Waals surface area contributed by atoms with E-state index < -0.39 is 0 Å². The smallest absolute Gasteiger partial charge is 0.253 e. The number of pyridine rings is 1. The second kappa shape index (κ2) is 9.28. The number of carbonyl (C=O) groups excluding carboxylic acids is 2. The molecule has 2 amide bonds. The summed E-state index contributed by atoms with van der Waals surface area (Å²) in [6.07, 6.45) is 11.9. The summed E-state index contributed by atoms with van der Waals surface area (Å²) in [5.41, 5.74) is 0.895. The van der Waals surface area contributed by atoms with E-state index in [2.05, 4.69) is 22.5 Å². The number of carbonyl (C=O) groups is 2. The fraction of sp³-hybridized carbons (Fsp3) is 0.611. The van der Waals surface area contributed by atoms with Gasteiger partial charge in [0.15, 0.2) is 0 Å². The zero-order chi connectivity index (χ0) is 16.5. The summed E-state index contributed by atoms with van der Waals surface area (Å²) in [5, 5.41) is 5.93. The molecule has 1 aromatic rings. The fourth-order valence-corrected chi connectivity index (χ4v) is 2.86. The molecule has 0 unspecified atom stereocenters. The van der Waals surface area contributed by atoms with Gasteiger partial charge in [0.2, 0.25) is 0 Å². The topological polar surface area (TPSA) is 71.1 Å². The first kappa shape index (κ1) is 17.4. The van der Waals surface area contributed by atoms with Gasteiger partial charge in [-0.05, 0) is 25.3 Å². The van der Waals surface area contributed by atoms with Crippen LogP contribution in [0.1, 0.15) is 79.0 Å². The molecule has 1 aliphatic rings. The molecular formula is C18H27N3O2. The molecule has 1 saturated carbocycles. The maximum absolute atomic E-state index is 12.4. The van der Waals surface area contributed by atoms with E-state index in [4.69, 9.17) is 0 Å². The van der Waals surface area contributed by atoms with E-state index in [1.54, 1.807) is 6.07 Å². The molecule has 1 aromatic heterocycles. The molecule has 126 valence electrons. The number of aromatic nitrogens is 1. The van der Waals surface area contributed by atoms with Gasteiger partial charge < -0.3 is 10.6 Å². The second-order valence-electron chi connectivity index (χ2n) is 6.23. The number of hydrogen-bond donors (Lipinski definition) is 2. The molecule has 0 radical (unpaired) electrons. The minimum atomic E-state index is -0.171. The van der Waals surface area contributed by atoms with Crippen LogP contribution in [-0.2, 0) is 0 Å². The maximum atomic E-state index is 12.4. The van der Waals surface area contributed by atoms with E-state index >= 15 is 0 Å². The number of nitrogens with one attached hydrogen (secondary N) is 2. The third-order valence-corrected chi connectivity index (χ3v) is 4.27. The van der Waals surface area contributed by atoms with Crippen LogP contribution in [-0.4, -0.2) is 29.4 Å². The molecule has 1 aliphatic carbocycles. The lowest BCUT2D eigenvalue weighted by Crippen LogP contribution is -2.34. The highest BCUT2D eigenvalue weighted by Crippen LogP contribution is 2.17. The highest BCUT2D eigenvalue weighted by Gasteiger charge is 2.17. The summed E-state index contributed by atoms with van der Waals surface area (Å²) in [5.74, 6) is -0.303. The van der Waals surface area contributed by atoms with Crippen LogP contribution in [0.4, 0.5) is 0 Å². The molecule has 2 rings (SSSR count). The average molecular weight is 317 g/mol. The Morgan fingerprint density at radius 3 is 2.39 bits per heavy atom. The monoisotopic (exact) mass is 317 g/mol. The average Bonchev–Trinajstić information content (AvgIpc) is 2.84. The van der Waals surface area contributed by atoms with E-state index in [0.717, 1.165) is 25.7 Å². The van der Waals surface area contributed by atoms with Crippen molar-refractivity contribution in [1.82, 2.24) is 15.6 Å². The Morgan fingerprint density at radius 1 is 1.09 bits per heavy atom. The molecule has 5 nitrogen and oxygen atoms in total. The Hall–Kier alpha value is -1.91. The van der Waals surface area contributed by atoms with Crippen LogP contribution >= 0.6 is 0 Å². The maximum Gasteiger partial charge on any atom is 0.253 e. The van der Waals surface area contributed by atoms with Crippen LogP contribution in [0.5, 0.6) is 0 Å². The lowest BCUT2D eigenvalue weighted by atomic mass is 10.1. The van der Waals surface area contributed by atoms with Crippen molar-refractivity contribution in [2.24, 2.45) is 0 Å². The summed E-state index contributed by atoms with van der Waals surface area (Å²) >= 11 is 0. The van der Waals surface area contributed by atoms with Crippen LogP contribution in [0.25, 0.3) is 0 Å². The number of nitrogens with zero attached hydrogens (tertiary/aromatic N) is 1. The molecule has 0 aliphatic heterocycles. The van der Waals surface area contributed by atoms with E-state index in [9.17, 15) is 9.59 Å². The number of rotatable bonds is 6. The minimum absolute atomic E-state index is 0.132. The molecule has 0 spiro atoms. The third-order valence-electron chi connectivity index (χ3n) is 4.27. The Bertz CT molecular complexity index is 523. The van der Waals surface area contributed by atoms with Gasteiger partial charge in [-0.2, -0.15) is 0 Å². The zero-order valence-electron chi connectivity index (χ0n) is 13.9. The summed E-state index contributed by atoms with van der Waals surface area (Å²) in [4.78, 5) is 28.5. The van der Waals surface area contributed by atoms with E-state index in [1.807, 2.05) is 0 Å². The molecule has 0 saturated heterocycles. The molecule has 0 aromatic carbocycles. The summed E-state index contributed by atoms with van der Waals surface area (Å²) in [6.45, 7) is 2.72. The van der Waals surface area contributed by atoms with E-state index in [0.29, 0.717) is 17.7 Å². The Morgan fingerprint density at radius 2 is 1.74 bits per heavy atom. The molecule has 0 bridgehead atoms. The normalized spacial score (nSPS) is 15.7. The molecule has 0 atom stereocenters. The van der Waals surface area contributed by atoms with Crippen molar-refractivity contribution >= 4 is 11.8 Å². The van der Waals surface area contributed by atoms with Gasteiger partial charge in [-0.1, -0.05) is 39.0 Å². The summed E-state index contributed by atoms with van der Waals surface area (Å²) < 4.78 is 0. The predicted octanol–water partition coefficient (Wildman–Crippen LogP) is 3.06. The highest BCUT2D eigenvalue weighted by molar-refractivity contribution is 5.99. The molecule has 2 N–H and O–H groups in total. The predicted molar refractivity (Wildman–Crippen MR) is 90.4 cm³/mol. The van der Waals surface area contributed by atoms with Crippen molar-refractivity contribution < 1.29 is 9.59 Å². The zero-order valence-corrected chi connectivity index (χ0v) is 13.9. The quantitative estimate of drug-likeness (QED) is 0.626. The SMILES string of the molecule is CCCCNC(=O)c1cncc(C(=O)NC2CCCCCC2)c1. The Kier molecular flexibility index (Phi) is 7.04. The third kappa shape index (κ3) is 5.66. The van der Waals surface area contributed by atoms with Crippen molar-refractivity contribution in [3.63, 3.8) is 0 Å². The van der Waals surface area contributed by atoms with Gasteiger partial charge >= 0.3 is 0 Å². The fourth-order valence-electron chi connectivity index (χ4n) is 2.86. The van der Waals surface area contributed by atoms with E-state index in [1.165, 1.54) is 38.1 Å². The van der Waals surface area contributed by atoms with E-state index in [-0.39, 0.29) is 17.9 Å². The standard InChI is InChI=1S/C18H27N3O2/c1-2-3-10-20-17(22)14-11-15(13-19-12-14)18(23)21-16-8-6-4-5-7-9-16/h11-13,16H,2-10H2,1H3,(H,20,22)(H,21,23). The Balaban J connectivity index is 1.94. The van der Waals surface area contributed by atoms with Gasteiger partial charge in [0, 0.05) is 25.0 Å². The van der Waals surface area contributed by atoms with Gasteiger partial charge in [-0.25, -0.2) is 0 Å². The number of unbranched alkanes of at least 4 members (excludes halogenated alkanes) is 1. The van der Waals surface area contributed by atoms with Gasteiger partial charge in [0.1, 0.15) is 0 Å². The largest absolute Gasteiger partial charge is 0.352 e. The van der Waals surface area contributed by atoms with Gasteiger partial charge in [-0.15, -0.1) is 0 Å². The first-order chi connectivity index (χ1) is 11.2. The van der Waals surface area contributed by atoms with Crippen LogP contribution in [0, 0.1) is 0 Å². The van der Waals surface area contributed by atoms with Crippen LogP contribution in [0.15, 0.2) is 18.5 Å². The molecule has 1 fully saturated rings.